The van der Waals surface area contributed by atoms with Crippen molar-refractivity contribution in [1.29, 1.82) is 0 Å². The first-order valence-corrected chi connectivity index (χ1v) is 11.6. The molecule has 2 rings (SSSR count). The Morgan fingerprint density at radius 1 is 0.973 bits per heavy atom. The van der Waals surface area contributed by atoms with Crippen LogP contribution in [0.3, 0.4) is 0 Å². The summed E-state index contributed by atoms with van der Waals surface area (Å²) in [5, 5.41) is 102. The van der Waals surface area contributed by atoms with Crippen molar-refractivity contribution >= 4 is 11.7 Å². The van der Waals surface area contributed by atoms with E-state index in [-0.39, 0.29) is 0 Å². The Hall–Kier alpha value is -1.38. The van der Waals surface area contributed by atoms with Crippen molar-refractivity contribution in [3.05, 3.63) is 0 Å². The van der Waals surface area contributed by atoms with E-state index in [1.54, 1.807) is 0 Å². The highest BCUT2D eigenvalue weighted by atomic mass is 16.7. The lowest BCUT2D eigenvalue weighted by Crippen LogP contribution is -2.70. The summed E-state index contributed by atoms with van der Waals surface area (Å²) in [7, 11) is 0. The number of nitrogens with one attached hydrogen (secondary N) is 1. The lowest BCUT2D eigenvalue weighted by molar-refractivity contribution is -0.372. The molecule has 2 saturated heterocycles. The highest BCUT2D eigenvalue weighted by molar-refractivity contribution is 5.87. The molecule has 11 atom stereocenters. The number of aliphatic hydroxyl groups excluding tert-OH is 9. The standard InChI is InChI=1S/C21H37NO15/c1-20(2,7-25)17(32)18(33)22-4-3-10(26)21(34)16(31)14(30)15(9(6-24)37-21)36-19-13(29)12(28)11(27)8(5-23)35-19/h8-9,11-17,19,23-25,27-32,34H,3-7H2,1-2H3,(H,22,33)/t8-,9-,11+,12+,13-,14+,15-,16-,17+,19+,21?/m1/s1. The Morgan fingerprint density at radius 3 is 2.11 bits per heavy atom. The van der Waals surface area contributed by atoms with Gasteiger partial charge in [-0.05, 0) is 0 Å². The SMILES string of the molecule is CC(C)(CO)[C@@H](O)C(=O)NCCC(=O)C1(O)O[C@H](CO)[C@@H](O[C@@H]2O[C@H](CO)[C@H](O)[C@H](O)[C@H]2O)[C@H](O)[C@H]1O. The molecule has 11 N–H and O–H groups in total. The third-order valence-electron chi connectivity index (χ3n) is 6.53. The predicted molar refractivity (Wildman–Crippen MR) is 117 cm³/mol. The van der Waals surface area contributed by atoms with E-state index >= 15 is 0 Å². The molecule has 2 aliphatic heterocycles. The van der Waals surface area contributed by atoms with Gasteiger partial charge in [0, 0.05) is 18.4 Å². The molecule has 0 saturated carbocycles. The van der Waals surface area contributed by atoms with Crippen molar-refractivity contribution in [2.24, 2.45) is 5.41 Å². The normalized spacial score (nSPS) is 39.7. The van der Waals surface area contributed by atoms with Crippen LogP contribution in [0.4, 0.5) is 0 Å². The summed E-state index contributed by atoms with van der Waals surface area (Å²) >= 11 is 0. The van der Waals surface area contributed by atoms with Crippen LogP contribution in [0.5, 0.6) is 0 Å². The first-order valence-electron chi connectivity index (χ1n) is 11.6. The zero-order valence-corrected chi connectivity index (χ0v) is 20.3. The third kappa shape index (κ3) is 6.62. The van der Waals surface area contributed by atoms with Crippen LogP contribution < -0.4 is 5.32 Å². The summed E-state index contributed by atoms with van der Waals surface area (Å²) in [5.41, 5.74) is -1.18. The van der Waals surface area contributed by atoms with Crippen molar-refractivity contribution in [2.75, 3.05) is 26.4 Å². The van der Waals surface area contributed by atoms with Gasteiger partial charge in [0.15, 0.2) is 12.1 Å². The minimum absolute atomic E-state index is 0.431. The highest BCUT2D eigenvalue weighted by Gasteiger charge is 2.58. The Morgan fingerprint density at radius 2 is 1.57 bits per heavy atom. The molecule has 0 aromatic carbocycles. The number of ketones is 1. The van der Waals surface area contributed by atoms with E-state index in [0.717, 1.165) is 0 Å². The van der Waals surface area contributed by atoms with Gasteiger partial charge in [-0.1, -0.05) is 13.8 Å². The quantitative estimate of drug-likeness (QED) is 0.116. The van der Waals surface area contributed by atoms with Gasteiger partial charge in [0.25, 0.3) is 5.79 Å². The van der Waals surface area contributed by atoms with Gasteiger partial charge in [0.05, 0.1) is 19.8 Å². The van der Waals surface area contributed by atoms with E-state index in [1.807, 2.05) is 0 Å². The van der Waals surface area contributed by atoms with Gasteiger partial charge in [-0.25, -0.2) is 0 Å². The minimum Gasteiger partial charge on any atom is -0.396 e. The van der Waals surface area contributed by atoms with Gasteiger partial charge in [-0.2, -0.15) is 0 Å². The molecule has 16 heteroatoms. The van der Waals surface area contributed by atoms with Crippen LogP contribution in [0.25, 0.3) is 0 Å². The molecular formula is C21H37NO15. The molecule has 0 aromatic rings. The fourth-order valence-electron chi connectivity index (χ4n) is 3.89. The highest BCUT2D eigenvalue weighted by Crippen LogP contribution is 2.33. The summed E-state index contributed by atoms with van der Waals surface area (Å²) in [6.07, 6.45) is -18.7. The zero-order valence-electron chi connectivity index (χ0n) is 20.3. The van der Waals surface area contributed by atoms with Gasteiger partial charge in [0.2, 0.25) is 5.91 Å². The van der Waals surface area contributed by atoms with Crippen LogP contribution in [0.1, 0.15) is 20.3 Å². The van der Waals surface area contributed by atoms with Gasteiger partial charge in [-0.3, -0.25) is 9.59 Å². The largest absolute Gasteiger partial charge is 0.396 e. The van der Waals surface area contributed by atoms with Crippen molar-refractivity contribution < 1.29 is 74.9 Å². The average molecular weight is 544 g/mol. The van der Waals surface area contributed by atoms with E-state index in [9.17, 15) is 60.7 Å². The van der Waals surface area contributed by atoms with Gasteiger partial charge >= 0.3 is 0 Å². The van der Waals surface area contributed by atoms with E-state index in [2.05, 4.69) is 5.32 Å². The fourth-order valence-corrected chi connectivity index (χ4v) is 3.89. The second kappa shape index (κ2) is 12.6. The third-order valence-corrected chi connectivity index (χ3v) is 6.53. The van der Waals surface area contributed by atoms with E-state index in [1.165, 1.54) is 13.8 Å². The molecule has 216 valence electrons. The number of hydrogen-bond acceptors (Lipinski definition) is 15. The lowest BCUT2D eigenvalue weighted by Gasteiger charge is -2.48. The Bertz CT molecular complexity index is 779. The molecule has 0 spiro atoms. The first-order chi connectivity index (χ1) is 17.2. The number of carbonyl (C=O) groups excluding carboxylic acids is 2. The molecule has 1 unspecified atom stereocenters. The zero-order chi connectivity index (χ0) is 28.3. The fraction of sp³-hybridized carbons (Fsp3) is 0.905. The molecule has 16 nitrogen and oxygen atoms in total. The Kier molecular flexibility index (Phi) is 10.9. The number of ether oxygens (including phenoxy) is 3. The summed E-state index contributed by atoms with van der Waals surface area (Å²) in [5.74, 6) is -5.18. The molecule has 2 heterocycles. The summed E-state index contributed by atoms with van der Waals surface area (Å²) in [4.78, 5) is 24.7. The number of aliphatic hydroxyl groups is 10. The van der Waals surface area contributed by atoms with Crippen molar-refractivity contribution in [3.8, 4) is 0 Å². The topological polar surface area (TPSA) is 276 Å². The number of Topliss-reactive ketones (excluding diaryl/α,β-unsaturated/α-hetero) is 1. The first kappa shape index (κ1) is 31.8. The molecule has 0 aliphatic carbocycles. The predicted octanol–water partition coefficient (Wildman–Crippen LogP) is -6.57. The van der Waals surface area contributed by atoms with E-state index in [0.29, 0.717) is 0 Å². The van der Waals surface area contributed by atoms with E-state index in [4.69, 9.17) is 14.2 Å². The maximum Gasteiger partial charge on any atom is 0.256 e. The van der Waals surface area contributed by atoms with Gasteiger partial charge in [0.1, 0.15) is 54.9 Å². The van der Waals surface area contributed by atoms with Crippen molar-refractivity contribution in [2.45, 2.75) is 87.3 Å². The molecule has 2 fully saturated rings. The van der Waals surface area contributed by atoms with Gasteiger partial charge < -0.3 is 70.6 Å². The van der Waals surface area contributed by atoms with Crippen LogP contribution in [0, 0.1) is 5.41 Å². The van der Waals surface area contributed by atoms with E-state index < -0.39 is 117 Å². The monoisotopic (exact) mass is 543 g/mol. The maximum atomic E-state index is 12.7. The summed E-state index contributed by atoms with van der Waals surface area (Å²) < 4.78 is 15.7. The molecule has 2 aliphatic rings. The second-order valence-electron chi connectivity index (χ2n) is 9.78. The number of amides is 1. The van der Waals surface area contributed by atoms with Crippen LogP contribution in [0.2, 0.25) is 0 Å². The summed E-state index contributed by atoms with van der Waals surface area (Å²) in [6.45, 7) is 0.166. The van der Waals surface area contributed by atoms with Crippen LogP contribution in [0.15, 0.2) is 0 Å². The number of carbonyl (C=O) groups is 2. The van der Waals surface area contributed by atoms with Gasteiger partial charge in [-0.15, -0.1) is 0 Å². The van der Waals surface area contributed by atoms with Crippen LogP contribution in [-0.4, -0.2) is 156 Å². The maximum absolute atomic E-state index is 12.7. The van der Waals surface area contributed by atoms with Crippen molar-refractivity contribution in [3.63, 3.8) is 0 Å². The lowest BCUT2D eigenvalue weighted by atomic mass is 9.87. The molecular weight excluding hydrogens is 506 g/mol. The second-order valence-corrected chi connectivity index (χ2v) is 9.78. The number of hydrogen-bond donors (Lipinski definition) is 11. The Balaban J connectivity index is 2.07. The van der Waals surface area contributed by atoms with Crippen molar-refractivity contribution in [1.82, 2.24) is 5.32 Å². The average Bonchev–Trinajstić information content (AvgIpc) is 2.87. The Labute approximate surface area is 211 Å². The molecule has 1 amide bonds. The smallest absolute Gasteiger partial charge is 0.256 e. The minimum atomic E-state index is -3.06. The summed E-state index contributed by atoms with van der Waals surface area (Å²) in [6, 6.07) is 0. The molecule has 0 aromatic heterocycles. The van der Waals surface area contributed by atoms with Crippen LogP contribution in [-0.2, 0) is 23.8 Å². The van der Waals surface area contributed by atoms with Crippen LogP contribution >= 0.6 is 0 Å². The molecule has 37 heavy (non-hydrogen) atoms. The molecule has 0 bridgehead atoms. The molecule has 0 radical (unpaired) electrons. The number of rotatable bonds is 11.